The number of hydrogen-bond acceptors (Lipinski definition) is 2. The van der Waals surface area contributed by atoms with E-state index in [2.05, 4.69) is 45.0 Å². The smallest absolute Gasteiger partial charge is 0.00926 e. The van der Waals surface area contributed by atoms with Gasteiger partial charge in [0.2, 0.25) is 0 Å². The first kappa shape index (κ1) is 16.0. The summed E-state index contributed by atoms with van der Waals surface area (Å²) in [5, 5.41) is 3.49. The summed E-state index contributed by atoms with van der Waals surface area (Å²) in [7, 11) is 2.32. The van der Waals surface area contributed by atoms with Gasteiger partial charge in [-0.2, -0.15) is 0 Å². The Morgan fingerprint density at radius 3 is 2.22 bits per heavy atom. The van der Waals surface area contributed by atoms with Crippen LogP contribution in [0, 0.1) is 11.3 Å². The van der Waals surface area contributed by atoms with Crippen LogP contribution in [0.5, 0.6) is 0 Å². The van der Waals surface area contributed by atoms with Crippen LogP contribution in [0.4, 0.5) is 0 Å². The predicted molar refractivity (Wildman–Crippen MR) is 81.0 cm³/mol. The molecule has 2 nitrogen and oxygen atoms in total. The third-order valence-electron chi connectivity index (χ3n) is 4.55. The predicted octanol–water partition coefficient (Wildman–Crippen LogP) is 3.52. The van der Waals surface area contributed by atoms with Crippen LogP contribution in [0.15, 0.2) is 0 Å². The summed E-state index contributed by atoms with van der Waals surface area (Å²) in [6, 6.07) is 0.828. The van der Waals surface area contributed by atoms with Gasteiger partial charge in [0.05, 0.1) is 0 Å². The Hall–Kier alpha value is -0.0800. The van der Waals surface area contributed by atoms with Gasteiger partial charge in [-0.05, 0) is 50.6 Å². The van der Waals surface area contributed by atoms with Crippen LogP contribution < -0.4 is 5.32 Å². The second-order valence-corrected chi connectivity index (χ2v) is 6.94. The first-order valence-electron chi connectivity index (χ1n) is 7.89. The fourth-order valence-electron chi connectivity index (χ4n) is 3.32. The first-order valence-corrected chi connectivity index (χ1v) is 7.89. The normalized spacial score (nSPS) is 25.7. The minimum Gasteiger partial charge on any atom is -0.316 e. The van der Waals surface area contributed by atoms with Gasteiger partial charge in [-0.25, -0.2) is 0 Å². The molecule has 0 amide bonds. The van der Waals surface area contributed by atoms with Gasteiger partial charge in [0.15, 0.2) is 0 Å². The number of nitrogens with zero attached hydrogens (tertiary/aromatic N) is 1. The topological polar surface area (TPSA) is 15.3 Å². The Kier molecular flexibility index (Phi) is 6.65. The Bertz CT molecular complexity index is 217. The lowest BCUT2D eigenvalue weighted by Crippen LogP contribution is -2.44. The molecule has 18 heavy (non-hydrogen) atoms. The van der Waals surface area contributed by atoms with Gasteiger partial charge >= 0.3 is 0 Å². The fourth-order valence-corrected chi connectivity index (χ4v) is 3.32. The molecule has 0 heterocycles. The van der Waals surface area contributed by atoms with Crippen LogP contribution in [-0.2, 0) is 0 Å². The molecular formula is C16H34N2. The number of nitrogens with one attached hydrogen (secondary N) is 1. The van der Waals surface area contributed by atoms with Crippen LogP contribution >= 0.6 is 0 Å². The lowest BCUT2D eigenvalue weighted by Gasteiger charge is -2.38. The zero-order valence-corrected chi connectivity index (χ0v) is 13.3. The molecule has 1 aliphatic carbocycles. The lowest BCUT2D eigenvalue weighted by atomic mass is 9.83. The summed E-state index contributed by atoms with van der Waals surface area (Å²) in [5.41, 5.74) is 0.381. The van der Waals surface area contributed by atoms with Crippen molar-refractivity contribution in [2.75, 3.05) is 26.7 Å². The monoisotopic (exact) mass is 254 g/mol. The van der Waals surface area contributed by atoms with Crippen LogP contribution in [-0.4, -0.2) is 37.6 Å². The van der Waals surface area contributed by atoms with Gasteiger partial charge < -0.3 is 10.2 Å². The molecule has 1 saturated carbocycles. The van der Waals surface area contributed by atoms with Crippen molar-refractivity contribution in [3.63, 3.8) is 0 Å². The molecule has 0 unspecified atom stereocenters. The van der Waals surface area contributed by atoms with E-state index >= 15 is 0 Å². The maximum Gasteiger partial charge on any atom is 0.00926 e. The van der Waals surface area contributed by atoms with Crippen LogP contribution in [0.2, 0.25) is 0 Å². The van der Waals surface area contributed by atoms with E-state index in [9.17, 15) is 0 Å². The van der Waals surface area contributed by atoms with Crippen molar-refractivity contribution in [2.45, 2.75) is 65.8 Å². The summed E-state index contributed by atoms with van der Waals surface area (Å²) in [5.74, 6) is 1.00. The maximum atomic E-state index is 3.49. The Labute approximate surface area is 115 Å². The Morgan fingerprint density at radius 1 is 1.11 bits per heavy atom. The van der Waals surface area contributed by atoms with Gasteiger partial charge in [0.25, 0.3) is 0 Å². The van der Waals surface area contributed by atoms with Gasteiger partial charge in [-0.15, -0.1) is 0 Å². The molecule has 0 saturated heterocycles. The van der Waals surface area contributed by atoms with E-state index in [0.717, 1.165) is 25.0 Å². The highest BCUT2D eigenvalue weighted by Gasteiger charge is 2.27. The molecule has 1 aliphatic rings. The third kappa shape index (κ3) is 5.27. The van der Waals surface area contributed by atoms with Crippen molar-refractivity contribution in [1.82, 2.24) is 10.2 Å². The third-order valence-corrected chi connectivity index (χ3v) is 4.55. The molecule has 0 aromatic rings. The summed E-state index contributed by atoms with van der Waals surface area (Å²) in [4.78, 5) is 2.61. The number of rotatable bonds is 7. The minimum atomic E-state index is 0.381. The lowest BCUT2D eigenvalue weighted by molar-refractivity contribution is 0.116. The highest BCUT2D eigenvalue weighted by molar-refractivity contribution is 4.82. The average Bonchev–Trinajstić information content (AvgIpc) is 2.36. The van der Waals surface area contributed by atoms with Crippen molar-refractivity contribution in [1.29, 1.82) is 0 Å². The van der Waals surface area contributed by atoms with Crippen molar-refractivity contribution in [3.8, 4) is 0 Å². The minimum absolute atomic E-state index is 0.381. The molecule has 0 bridgehead atoms. The van der Waals surface area contributed by atoms with E-state index < -0.39 is 0 Å². The van der Waals surface area contributed by atoms with E-state index in [1.165, 1.54) is 38.6 Å². The van der Waals surface area contributed by atoms with E-state index in [4.69, 9.17) is 0 Å². The van der Waals surface area contributed by atoms with E-state index in [1.807, 2.05) is 0 Å². The summed E-state index contributed by atoms with van der Waals surface area (Å²) >= 11 is 0. The van der Waals surface area contributed by atoms with Gasteiger partial charge in [-0.3, -0.25) is 0 Å². The molecule has 1 rings (SSSR count). The second-order valence-electron chi connectivity index (χ2n) is 6.94. The van der Waals surface area contributed by atoms with E-state index in [-0.39, 0.29) is 0 Å². The first-order chi connectivity index (χ1) is 8.48. The second kappa shape index (κ2) is 7.49. The largest absolute Gasteiger partial charge is 0.316 e. The van der Waals surface area contributed by atoms with Crippen LogP contribution in [0.3, 0.4) is 0 Å². The molecule has 2 heteroatoms. The van der Waals surface area contributed by atoms with Crippen LogP contribution in [0.25, 0.3) is 0 Å². The Balaban J connectivity index is 2.34. The van der Waals surface area contributed by atoms with Crippen molar-refractivity contribution < 1.29 is 0 Å². The molecule has 0 aliphatic heterocycles. The molecule has 1 N–H and O–H groups in total. The molecule has 0 radical (unpaired) electrons. The fraction of sp³-hybridized carbons (Fsp3) is 1.00. The average molecular weight is 254 g/mol. The standard InChI is InChI=1S/C16H34N2/c1-6-14-8-10-15(11-9-14)18(5)13-16(3,4)12-17-7-2/h14-15,17H,6-13H2,1-5H3. The molecule has 0 spiro atoms. The van der Waals surface area contributed by atoms with Gasteiger partial charge in [-0.1, -0.05) is 34.1 Å². The molecule has 0 aromatic heterocycles. The van der Waals surface area contributed by atoms with Crippen molar-refractivity contribution in [2.24, 2.45) is 11.3 Å². The maximum absolute atomic E-state index is 3.49. The summed E-state index contributed by atoms with van der Waals surface area (Å²) < 4.78 is 0. The van der Waals surface area contributed by atoms with Gasteiger partial charge in [0, 0.05) is 19.1 Å². The van der Waals surface area contributed by atoms with Crippen molar-refractivity contribution >= 4 is 0 Å². The van der Waals surface area contributed by atoms with E-state index in [1.54, 1.807) is 0 Å². The quantitative estimate of drug-likeness (QED) is 0.748. The van der Waals surface area contributed by atoms with E-state index in [0.29, 0.717) is 5.41 Å². The molecule has 0 aromatic carbocycles. The van der Waals surface area contributed by atoms with Crippen LogP contribution in [0.1, 0.15) is 59.8 Å². The highest BCUT2D eigenvalue weighted by atomic mass is 15.1. The molecule has 108 valence electrons. The summed E-state index contributed by atoms with van der Waals surface area (Å²) in [6.07, 6.45) is 7.08. The number of hydrogen-bond donors (Lipinski definition) is 1. The molecule has 1 fully saturated rings. The zero-order valence-electron chi connectivity index (χ0n) is 13.3. The summed E-state index contributed by atoms with van der Waals surface area (Å²) in [6.45, 7) is 12.7. The van der Waals surface area contributed by atoms with Gasteiger partial charge in [0.1, 0.15) is 0 Å². The highest BCUT2D eigenvalue weighted by Crippen LogP contribution is 2.30. The SMILES string of the molecule is CCNCC(C)(C)CN(C)C1CCC(CC)CC1. The Morgan fingerprint density at radius 2 is 1.72 bits per heavy atom. The van der Waals surface area contributed by atoms with Crippen molar-refractivity contribution in [3.05, 3.63) is 0 Å². The molecular weight excluding hydrogens is 220 g/mol. The zero-order chi connectivity index (χ0) is 13.6. The molecule has 0 atom stereocenters.